The molecule has 0 aromatic heterocycles. The van der Waals surface area contributed by atoms with Crippen LogP contribution < -0.4 is 11.1 Å². The normalized spacial score (nSPS) is 11.1. The van der Waals surface area contributed by atoms with Crippen LogP contribution in [0.2, 0.25) is 0 Å². The number of benzene rings is 1. The molecule has 0 bridgehead atoms. The Bertz CT molecular complexity index is 319. The third-order valence-corrected chi connectivity index (χ3v) is 2.52. The molecule has 0 heterocycles. The Morgan fingerprint density at radius 1 is 1.12 bits per heavy atom. The van der Waals surface area contributed by atoms with Crippen molar-refractivity contribution in [2.75, 3.05) is 19.6 Å². The minimum absolute atomic E-state index is 0.306. The van der Waals surface area contributed by atoms with Crippen LogP contribution in [-0.4, -0.2) is 24.7 Å². The van der Waals surface area contributed by atoms with E-state index in [0.29, 0.717) is 5.75 Å². The lowest BCUT2D eigenvalue weighted by Crippen LogP contribution is -2.15. The molecule has 0 atom stereocenters. The molecule has 0 aliphatic carbocycles. The third kappa shape index (κ3) is 6.76. The van der Waals surface area contributed by atoms with Gasteiger partial charge in [0.2, 0.25) is 0 Å². The summed E-state index contributed by atoms with van der Waals surface area (Å²) in [5.41, 5.74) is 6.52. The van der Waals surface area contributed by atoms with Gasteiger partial charge in [-0.15, -0.1) is 0 Å². The summed E-state index contributed by atoms with van der Waals surface area (Å²) < 4.78 is 0. The molecule has 0 unspecified atom stereocenters. The molecule has 3 nitrogen and oxygen atoms in total. The fraction of sp³-hybridized carbons (Fsp3) is 0.429. The van der Waals surface area contributed by atoms with Crippen LogP contribution in [0.25, 0.3) is 6.08 Å². The van der Waals surface area contributed by atoms with Crippen LogP contribution in [0.4, 0.5) is 0 Å². The van der Waals surface area contributed by atoms with E-state index in [4.69, 9.17) is 10.8 Å². The first-order chi connectivity index (χ1) is 8.33. The minimum Gasteiger partial charge on any atom is -0.508 e. The van der Waals surface area contributed by atoms with Crippen LogP contribution in [0.15, 0.2) is 30.3 Å². The molecule has 0 amide bonds. The summed E-state index contributed by atoms with van der Waals surface area (Å²) >= 11 is 0. The van der Waals surface area contributed by atoms with Crippen molar-refractivity contribution in [3.63, 3.8) is 0 Å². The number of nitrogens with two attached hydrogens (primary N) is 1. The predicted molar refractivity (Wildman–Crippen MR) is 72.9 cm³/mol. The van der Waals surface area contributed by atoms with Gasteiger partial charge in [-0.3, -0.25) is 0 Å². The topological polar surface area (TPSA) is 58.3 Å². The van der Waals surface area contributed by atoms with Crippen LogP contribution in [0.3, 0.4) is 0 Å². The van der Waals surface area contributed by atoms with E-state index in [0.717, 1.165) is 31.6 Å². The first kappa shape index (κ1) is 13.7. The van der Waals surface area contributed by atoms with Crippen LogP contribution in [0, 0.1) is 0 Å². The van der Waals surface area contributed by atoms with E-state index in [2.05, 4.69) is 11.4 Å². The molecule has 0 saturated carbocycles. The highest BCUT2D eigenvalue weighted by Gasteiger charge is 1.88. The van der Waals surface area contributed by atoms with Gasteiger partial charge in [-0.25, -0.2) is 0 Å². The summed E-state index contributed by atoms with van der Waals surface area (Å²) in [6, 6.07) is 7.18. The van der Waals surface area contributed by atoms with Gasteiger partial charge in [0.05, 0.1) is 0 Å². The Kier molecular flexibility index (Phi) is 7.11. The average molecular weight is 234 g/mol. The zero-order chi connectivity index (χ0) is 12.3. The zero-order valence-electron chi connectivity index (χ0n) is 10.2. The first-order valence-corrected chi connectivity index (χ1v) is 6.19. The lowest BCUT2D eigenvalue weighted by Gasteiger charge is -2.00. The highest BCUT2D eigenvalue weighted by atomic mass is 16.3. The summed E-state index contributed by atoms with van der Waals surface area (Å²) in [5.74, 6) is 0.306. The molecule has 0 spiro atoms. The smallest absolute Gasteiger partial charge is 0.115 e. The lowest BCUT2D eigenvalue weighted by molar-refractivity contribution is 0.475. The van der Waals surface area contributed by atoms with Crippen molar-refractivity contribution in [3.05, 3.63) is 35.9 Å². The third-order valence-electron chi connectivity index (χ3n) is 2.52. The second-order valence-corrected chi connectivity index (χ2v) is 4.05. The van der Waals surface area contributed by atoms with Crippen LogP contribution in [-0.2, 0) is 0 Å². The maximum absolute atomic E-state index is 9.12. The molecule has 94 valence electrons. The van der Waals surface area contributed by atoms with Gasteiger partial charge in [0.1, 0.15) is 5.75 Å². The number of phenolic OH excluding ortho intramolecular Hbond substituents is 1. The summed E-state index contributed by atoms with van der Waals surface area (Å²) in [7, 11) is 0. The zero-order valence-corrected chi connectivity index (χ0v) is 10.2. The van der Waals surface area contributed by atoms with Crippen LogP contribution >= 0.6 is 0 Å². The predicted octanol–water partition coefficient (Wildman–Crippen LogP) is 2.12. The molecular weight excluding hydrogens is 212 g/mol. The Hall–Kier alpha value is -1.32. The fourth-order valence-corrected chi connectivity index (χ4v) is 1.54. The second kappa shape index (κ2) is 8.79. The van der Waals surface area contributed by atoms with E-state index in [1.807, 2.05) is 18.2 Å². The SMILES string of the molecule is NCCCCCNC/C=C/c1ccc(O)cc1. The van der Waals surface area contributed by atoms with Gasteiger partial charge in [-0.05, 0) is 43.6 Å². The van der Waals surface area contributed by atoms with Crippen molar-refractivity contribution in [1.29, 1.82) is 0 Å². The lowest BCUT2D eigenvalue weighted by atomic mass is 10.2. The summed E-state index contributed by atoms with van der Waals surface area (Å²) in [5, 5.41) is 12.5. The fourth-order valence-electron chi connectivity index (χ4n) is 1.54. The maximum Gasteiger partial charge on any atom is 0.115 e. The molecule has 0 saturated heterocycles. The molecule has 0 aliphatic heterocycles. The van der Waals surface area contributed by atoms with Gasteiger partial charge in [-0.2, -0.15) is 0 Å². The average Bonchev–Trinajstić information content (AvgIpc) is 2.35. The van der Waals surface area contributed by atoms with Gasteiger partial charge in [-0.1, -0.05) is 30.7 Å². The Balaban J connectivity index is 2.08. The largest absolute Gasteiger partial charge is 0.508 e. The van der Waals surface area contributed by atoms with Crippen molar-refractivity contribution in [2.45, 2.75) is 19.3 Å². The number of rotatable bonds is 8. The maximum atomic E-state index is 9.12. The summed E-state index contributed by atoms with van der Waals surface area (Å²) in [4.78, 5) is 0. The highest BCUT2D eigenvalue weighted by Crippen LogP contribution is 2.10. The summed E-state index contributed by atoms with van der Waals surface area (Å²) in [6.45, 7) is 2.71. The first-order valence-electron chi connectivity index (χ1n) is 6.19. The van der Waals surface area contributed by atoms with Gasteiger partial charge < -0.3 is 16.2 Å². The molecule has 1 aromatic carbocycles. The Morgan fingerprint density at radius 3 is 2.59 bits per heavy atom. The second-order valence-electron chi connectivity index (χ2n) is 4.05. The molecule has 3 heteroatoms. The number of hydrogen-bond acceptors (Lipinski definition) is 3. The van der Waals surface area contributed by atoms with E-state index in [1.54, 1.807) is 12.1 Å². The van der Waals surface area contributed by atoms with Gasteiger partial charge in [0.15, 0.2) is 0 Å². The summed E-state index contributed by atoms with van der Waals surface area (Å²) in [6.07, 6.45) is 7.64. The van der Waals surface area contributed by atoms with Crippen molar-refractivity contribution in [1.82, 2.24) is 5.32 Å². The number of aromatic hydroxyl groups is 1. The van der Waals surface area contributed by atoms with Crippen LogP contribution in [0.1, 0.15) is 24.8 Å². The standard InChI is InChI=1S/C14H22N2O/c15-10-2-1-3-11-16-12-4-5-13-6-8-14(17)9-7-13/h4-9,16-17H,1-3,10-12,15H2/b5-4+. The molecular formula is C14H22N2O. The van der Waals surface area contributed by atoms with Crippen molar-refractivity contribution in [2.24, 2.45) is 5.73 Å². The molecule has 0 fully saturated rings. The van der Waals surface area contributed by atoms with Gasteiger partial charge >= 0.3 is 0 Å². The molecule has 0 aliphatic rings. The molecule has 17 heavy (non-hydrogen) atoms. The number of nitrogens with one attached hydrogen (secondary N) is 1. The molecule has 1 rings (SSSR count). The highest BCUT2D eigenvalue weighted by molar-refractivity contribution is 5.50. The van der Waals surface area contributed by atoms with E-state index in [1.165, 1.54) is 12.8 Å². The Morgan fingerprint density at radius 2 is 1.88 bits per heavy atom. The van der Waals surface area contributed by atoms with Gasteiger partial charge in [0.25, 0.3) is 0 Å². The van der Waals surface area contributed by atoms with E-state index in [-0.39, 0.29) is 0 Å². The van der Waals surface area contributed by atoms with Crippen molar-refractivity contribution < 1.29 is 5.11 Å². The molecule has 0 radical (unpaired) electrons. The van der Waals surface area contributed by atoms with E-state index in [9.17, 15) is 0 Å². The monoisotopic (exact) mass is 234 g/mol. The molecule has 4 N–H and O–H groups in total. The molecule has 1 aromatic rings. The quantitative estimate of drug-likeness (QED) is 0.604. The van der Waals surface area contributed by atoms with Crippen LogP contribution in [0.5, 0.6) is 5.75 Å². The van der Waals surface area contributed by atoms with Crippen molar-refractivity contribution in [3.8, 4) is 5.75 Å². The number of hydrogen-bond donors (Lipinski definition) is 3. The van der Waals surface area contributed by atoms with E-state index >= 15 is 0 Å². The van der Waals surface area contributed by atoms with Gasteiger partial charge in [0, 0.05) is 6.54 Å². The number of unbranched alkanes of at least 4 members (excludes halogenated alkanes) is 2. The number of phenols is 1. The minimum atomic E-state index is 0.306. The van der Waals surface area contributed by atoms with Crippen molar-refractivity contribution >= 4 is 6.08 Å². The Labute approximate surface area is 103 Å². The van der Waals surface area contributed by atoms with E-state index < -0.39 is 0 Å².